The first-order chi connectivity index (χ1) is 9.51. The molecule has 0 unspecified atom stereocenters. The van der Waals surface area contributed by atoms with Crippen molar-refractivity contribution < 1.29 is 13.9 Å². The van der Waals surface area contributed by atoms with Gasteiger partial charge in [0.25, 0.3) is 5.91 Å². The molecule has 0 aliphatic heterocycles. The van der Waals surface area contributed by atoms with Crippen LogP contribution in [-0.2, 0) is 0 Å². The van der Waals surface area contributed by atoms with Crippen molar-refractivity contribution in [1.82, 2.24) is 0 Å². The van der Waals surface area contributed by atoms with E-state index in [1.165, 1.54) is 25.3 Å². The van der Waals surface area contributed by atoms with Gasteiger partial charge in [0.1, 0.15) is 11.6 Å². The minimum absolute atomic E-state index is 0.0746. The lowest BCUT2D eigenvalue weighted by atomic mass is 10.1. The van der Waals surface area contributed by atoms with E-state index in [2.05, 4.69) is 5.32 Å². The number of anilines is 2. The molecule has 104 valence electrons. The maximum Gasteiger partial charge on any atom is 0.256 e. The Balaban J connectivity index is 2.27. The summed E-state index contributed by atoms with van der Waals surface area (Å²) >= 11 is 0. The average molecular weight is 274 g/mol. The fraction of sp³-hybridized carbons (Fsp3) is 0.133. The van der Waals surface area contributed by atoms with Crippen LogP contribution in [0.5, 0.6) is 5.75 Å². The molecule has 3 N–H and O–H groups in total. The molecule has 20 heavy (non-hydrogen) atoms. The van der Waals surface area contributed by atoms with E-state index in [0.717, 1.165) is 5.56 Å². The van der Waals surface area contributed by atoms with E-state index in [1.807, 2.05) is 0 Å². The molecule has 0 heterocycles. The normalized spacial score (nSPS) is 10.2. The lowest BCUT2D eigenvalue weighted by Crippen LogP contribution is -2.14. The third-order valence-corrected chi connectivity index (χ3v) is 2.92. The van der Waals surface area contributed by atoms with E-state index >= 15 is 0 Å². The number of nitrogens with one attached hydrogen (secondary N) is 1. The molecule has 2 rings (SSSR count). The number of nitrogens with two attached hydrogens (primary N) is 1. The van der Waals surface area contributed by atoms with Crippen molar-refractivity contribution in [3.63, 3.8) is 0 Å². The molecule has 0 spiro atoms. The van der Waals surface area contributed by atoms with Gasteiger partial charge in [0.05, 0.1) is 12.8 Å². The van der Waals surface area contributed by atoms with Crippen LogP contribution in [0.25, 0.3) is 0 Å². The summed E-state index contributed by atoms with van der Waals surface area (Å²) in [5.41, 5.74) is 7.46. The van der Waals surface area contributed by atoms with E-state index in [9.17, 15) is 9.18 Å². The molecular formula is C15H15FN2O2. The molecule has 4 nitrogen and oxygen atoms in total. The van der Waals surface area contributed by atoms with Gasteiger partial charge in [-0.15, -0.1) is 0 Å². The van der Waals surface area contributed by atoms with E-state index in [1.54, 1.807) is 25.1 Å². The summed E-state index contributed by atoms with van der Waals surface area (Å²) < 4.78 is 18.7. The molecule has 0 bridgehead atoms. The zero-order chi connectivity index (χ0) is 14.7. The van der Waals surface area contributed by atoms with Gasteiger partial charge < -0.3 is 15.8 Å². The maximum absolute atomic E-state index is 13.7. The lowest BCUT2D eigenvalue weighted by Gasteiger charge is -2.10. The quantitative estimate of drug-likeness (QED) is 0.846. The number of halogens is 1. The molecule has 2 aromatic rings. The predicted octanol–water partition coefficient (Wildman–Crippen LogP) is 2.98. The lowest BCUT2D eigenvalue weighted by molar-refractivity contribution is 0.102. The van der Waals surface area contributed by atoms with Gasteiger partial charge in [-0.1, -0.05) is 0 Å². The van der Waals surface area contributed by atoms with Crippen LogP contribution in [0.1, 0.15) is 15.9 Å². The summed E-state index contributed by atoms with van der Waals surface area (Å²) in [6, 6.07) is 9.09. The van der Waals surface area contributed by atoms with Gasteiger partial charge in [-0.2, -0.15) is 0 Å². The Morgan fingerprint density at radius 2 is 2.00 bits per heavy atom. The van der Waals surface area contributed by atoms with Crippen molar-refractivity contribution in [2.75, 3.05) is 18.2 Å². The Labute approximate surface area is 116 Å². The Bertz CT molecular complexity index is 656. The number of carbonyl (C=O) groups excluding carboxylic acids is 1. The zero-order valence-electron chi connectivity index (χ0n) is 11.2. The minimum Gasteiger partial charge on any atom is -0.497 e. The van der Waals surface area contributed by atoms with Gasteiger partial charge in [-0.3, -0.25) is 4.79 Å². The van der Waals surface area contributed by atoms with Crippen LogP contribution in [0.4, 0.5) is 15.8 Å². The monoisotopic (exact) mass is 274 g/mol. The fourth-order valence-corrected chi connectivity index (χ4v) is 1.86. The van der Waals surface area contributed by atoms with Crippen LogP contribution in [0.3, 0.4) is 0 Å². The summed E-state index contributed by atoms with van der Waals surface area (Å²) in [5, 5.41) is 2.53. The highest BCUT2D eigenvalue weighted by Gasteiger charge is 2.12. The summed E-state index contributed by atoms with van der Waals surface area (Å²) in [6.07, 6.45) is 0. The van der Waals surface area contributed by atoms with Crippen LogP contribution >= 0.6 is 0 Å². The summed E-state index contributed by atoms with van der Waals surface area (Å²) in [6.45, 7) is 1.77. The first kappa shape index (κ1) is 13.9. The molecule has 0 aliphatic rings. The first-order valence-electron chi connectivity index (χ1n) is 6.02. The molecule has 1 amide bonds. The van der Waals surface area contributed by atoms with E-state index in [-0.39, 0.29) is 5.69 Å². The number of aryl methyl sites for hydroxylation is 1. The van der Waals surface area contributed by atoms with Crippen LogP contribution in [0.15, 0.2) is 36.4 Å². The van der Waals surface area contributed by atoms with Crippen molar-refractivity contribution in [2.24, 2.45) is 0 Å². The van der Waals surface area contributed by atoms with Crippen molar-refractivity contribution in [1.29, 1.82) is 0 Å². The summed E-state index contributed by atoms with van der Waals surface area (Å²) in [5.74, 6) is -0.447. The van der Waals surface area contributed by atoms with Crippen LogP contribution in [0.2, 0.25) is 0 Å². The van der Waals surface area contributed by atoms with Crippen LogP contribution in [0, 0.1) is 12.7 Å². The first-order valence-corrected chi connectivity index (χ1v) is 6.02. The minimum atomic E-state index is -0.521. The molecule has 0 aliphatic carbocycles. The highest BCUT2D eigenvalue weighted by molar-refractivity contribution is 6.05. The van der Waals surface area contributed by atoms with Crippen molar-refractivity contribution in [3.05, 3.63) is 53.3 Å². The predicted molar refractivity (Wildman–Crippen MR) is 76.5 cm³/mol. The smallest absolute Gasteiger partial charge is 0.256 e. The molecule has 0 radical (unpaired) electrons. The molecule has 0 fully saturated rings. The number of rotatable bonds is 3. The molecule has 0 saturated heterocycles. The second kappa shape index (κ2) is 5.61. The van der Waals surface area contributed by atoms with Crippen molar-refractivity contribution >= 4 is 17.3 Å². The van der Waals surface area contributed by atoms with Gasteiger partial charge in [-0.25, -0.2) is 4.39 Å². The topological polar surface area (TPSA) is 64.3 Å². The van der Waals surface area contributed by atoms with Gasteiger partial charge in [0.15, 0.2) is 0 Å². The van der Waals surface area contributed by atoms with Gasteiger partial charge >= 0.3 is 0 Å². The van der Waals surface area contributed by atoms with Gasteiger partial charge in [-0.05, 0) is 42.8 Å². The number of methoxy groups -OCH3 is 1. The standard InChI is InChI=1S/C15H15FN2O2/c1-9-7-10(17)3-5-12(9)15(19)18-14-8-11(20-2)4-6-13(14)16/h3-8H,17H2,1-2H3,(H,18,19). The van der Waals surface area contributed by atoms with E-state index in [4.69, 9.17) is 10.5 Å². The van der Waals surface area contributed by atoms with Crippen molar-refractivity contribution in [3.8, 4) is 5.75 Å². The number of amides is 1. The number of nitrogen functional groups attached to an aromatic ring is 1. The third kappa shape index (κ3) is 2.88. The average Bonchev–Trinajstić information content (AvgIpc) is 2.41. The number of ether oxygens (including phenoxy) is 1. The molecule has 0 aromatic heterocycles. The second-order valence-electron chi connectivity index (χ2n) is 4.37. The number of hydrogen-bond donors (Lipinski definition) is 2. The third-order valence-electron chi connectivity index (χ3n) is 2.92. The Kier molecular flexibility index (Phi) is 3.89. The number of carbonyl (C=O) groups is 1. The van der Waals surface area contributed by atoms with Crippen molar-refractivity contribution in [2.45, 2.75) is 6.92 Å². The fourth-order valence-electron chi connectivity index (χ4n) is 1.86. The maximum atomic E-state index is 13.7. The highest BCUT2D eigenvalue weighted by atomic mass is 19.1. The zero-order valence-corrected chi connectivity index (χ0v) is 11.2. The molecule has 0 saturated carbocycles. The Morgan fingerprint density at radius 3 is 2.65 bits per heavy atom. The largest absolute Gasteiger partial charge is 0.497 e. The van der Waals surface area contributed by atoms with Crippen LogP contribution < -0.4 is 15.8 Å². The van der Waals surface area contributed by atoms with Gasteiger partial charge in [0.2, 0.25) is 0 Å². The van der Waals surface area contributed by atoms with E-state index < -0.39 is 11.7 Å². The van der Waals surface area contributed by atoms with Crippen LogP contribution in [-0.4, -0.2) is 13.0 Å². The summed E-state index contributed by atoms with van der Waals surface area (Å²) in [4.78, 5) is 12.1. The highest BCUT2D eigenvalue weighted by Crippen LogP contribution is 2.22. The molecule has 0 atom stereocenters. The summed E-state index contributed by atoms with van der Waals surface area (Å²) in [7, 11) is 1.48. The van der Waals surface area contributed by atoms with E-state index in [0.29, 0.717) is 17.0 Å². The molecular weight excluding hydrogens is 259 g/mol. The Hall–Kier alpha value is -2.56. The number of hydrogen-bond acceptors (Lipinski definition) is 3. The number of benzene rings is 2. The Morgan fingerprint density at radius 1 is 1.25 bits per heavy atom. The van der Waals surface area contributed by atoms with Gasteiger partial charge in [0, 0.05) is 17.3 Å². The molecule has 5 heteroatoms. The second-order valence-corrected chi connectivity index (χ2v) is 4.37. The SMILES string of the molecule is COc1ccc(F)c(NC(=O)c2ccc(N)cc2C)c1. The molecule has 2 aromatic carbocycles.